The summed E-state index contributed by atoms with van der Waals surface area (Å²) in [5, 5.41) is 0. The molecule has 2 aromatic rings. The van der Waals surface area contributed by atoms with Gasteiger partial charge in [-0.05, 0) is 48.5 Å². The number of hydrogen-bond acceptors (Lipinski definition) is 4. The molecule has 0 heterocycles. The molecule has 22 heavy (non-hydrogen) atoms. The molecule has 0 N–H and O–H groups in total. The van der Waals surface area contributed by atoms with Crippen LogP contribution in [0.5, 0.6) is 11.5 Å². The molecule has 0 spiro atoms. The van der Waals surface area contributed by atoms with E-state index in [1.54, 1.807) is 33.7 Å². The van der Waals surface area contributed by atoms with Crippen molar-refractivity contribution in [2.75, 3.05) is 13.2 Å². The highest BCUT2D eigenvalue weighted by molar-refractivity contribution is 8.76. The lowest BCUT2D eigenvalue weighted by Crippen LogP contribution is -1.91. The number of ether oxygens (including phenoxy) is 2. The van der Waals surface area contributed by atoms with Crippen molar-refractivity contribution < 1.29 is 9.47 Å². The first-order valence-corrected chi connectivity index (χ1v) is 8.99. The molecular weight excluding hydrogens is 312 g/mol. The molecular formula is C18H18O2S2. The lowest BCUT2D eigenvalue weighted by Gasteiger charge is -2.06. The molecule has 0 bridgehead atoms. The maximum absolute atomic E-state index is 5.46. The maximum Gasteiger partial charge on any atom is 0.119 e. The van der Waals surface area contributed by atoms with Gasteiger partial charge in [0, 0.05) is 9.79 Å². The van der Waals surface area contributed by atoms with E-state index in [4.69, 9.17) is 9.47 Å². The summed E-state index contributed by atoms with van der Waals surface area (Å²) in [6, 6.07) is 16.1. The van der Waals surface area contributed by atoms with Gasteiger partial charge in [-0.25, -0.2) is 0 Å². The van der Waals surface area contributed by atoms with Crippen molar-refractivity contribution in [3.63, 3.8) is 0 Å². The molecule has 2 nitrogen and oxygen atoms in total. The number of hydrogen-bond donors (Lipinski definition) is 0. The van der Waals surface area contributed by atoms with Crippen LogP contribution in [0.1, 0.15) is 0 Å². The molecule has 0 saturated heterocycles. The molecule has 0 aliphatic heterocycles. The van der Waals surface area contributed by atoms with Crippen molar-refractivity contribution in [2.45, 2.75) is 9.79 Å². The quantitative estimate of drug-likeness (QED) is 0.439. The van der Waals surface area contributed by atoms with Crippen LogP contribution in [-0.2, 0) is 0 Å². The van der Waals surface area contributed by atoms with Gasteiger partial charge in [-0.3, -0.25) is 0 Å². The van der Waals surface area contributed by atoms with Crippen molar-refractivity contribution in [1.29, 1.82) is 0 Å². The molecule has 0 aliphatic rings. The Morgan fingerprint density at radius 1 is 0.682 bits per heavy atom. The average molecular weight is 330 g/mol. The summed E-state index contributed by atoms with van der Waals surface area (Å²) in [6.07, 6.45) is 3.47. The highest BCUT2D eigenvalue weighted by atomic mass is 33.1. The zero-order chi connectivity index (χ0) is 15.6. The van der Waals surface area contributed by atoms with Crippen LogP contribution in [0.15, 0.2) is 83.6 Å². The predicted molar refractivity (Wildman–Crippen MR) is 96.0 cm³/mol. The van der Waals surface area contributed by atoms with Gasteiger partial charge in [0.05, 0.1) is 0 Å². The zero-order valence-electron chi connectivity index (χ0n) is 12.2. The lowest BCUT2D eigenvalue weighted by atomic mass is 10.3. The molecule has 114 valence electrons. The molecule has 4 heteroatoms. The fourth-order valence-electron chi connectivity index (χ4n) is 1.59. The normalized spacial score (nSPS) is 10.0. The SMILES string of the molecule is C=CCOc1ccc(SSc2ccc(OCC=C)cc2)cc1. The summed E-state index contributed by atoms with van der Waals surface area (Å²) in [7, 11) is 3.43. The summed E-state index contributed by atoms with van der Waals surface area (Å²) in [4.78, 5) is 2.37. The fraction of sp³-hybridized carbons (Fsp3) is 0.111. The van der Waals surface area contributed by atoms with Crippen LogP contribution in [0.25, 0.3) is 0 Å². The third-order valence-corrected chi connectivity index (χ3v) is 5.03. The topological polar surface area (TPSA) is 18.5 Å². The van der Waals surface area contributed by atoms with E-state index in [9.17, 15) is 0 Å². The number of benzene rings is 2. The van der Waals surface area contributed by atoms with Crippen molar-refractivity contribution in [3.8, 4) is 11.5 Å². The summed E-state index contributed by atoms with van der Waals surface area (Å²) >= 11 is 0. The van der Waals surface area contributed by atoms with E-state index < -0.39 is 0 Å². The first-order chi connectivity index (χ1) is 10.8. The third-order valence-electron chi connectivity index (χ3n) is 2.62. The van der Waals surface area contributed by atoms with Gasteiger partial charge in [-0.1, -0.05) is 46.9 Å². The second-order valence-electron chi connectivity index (χ2n) is 4.31. The largest absolute Gasteiger partial charge is 0.490 e. The molecule has 0 amide bonds. The van der Waals surface area contributed by atoms with Gasteiger partial charge in [0.1, 0.15) is 24.7 Å². The van der Waals surface area contributed by atoms with E-state index in [-0.39, 0.29) is 0 Å². The Kier molecular flexibility index (Phi) is 7.00. The molecule has 0 saturated carbocycles. The second-order valence-corrected chi connectivity index (χ2v) is 6.58. The number of rotatable bonds is 9. The van der Waals surface area contributed by atoms with Crippen LogP contribution in [0.3, 0.4) is 0 Å². The predicted octanol–water partition coefficient (Wildman–Crippen LogP) is 5.62. The van der Waals surface area contributed by atoms with Crippen molar-refractivity contribution in [3.05, 3.63) is 73.8 Å². The Labute approximate surface area is 139 Å². The smallest absolute Gasteiger partial charge is 0.119 e. The Bertz CT molecular complexity index is 536. The third kappa shape index (κ3) is 5.54. The second kappa shape index (κ2) is 9.28. The first-order valence-electron chi connectivity index (χ1n) is 6.84. The monoisotopic (exact) mass is 330 g/mol. The standard InChI is InChI=1S/C18H18O2S2/c1-3-13-19-15-5-9-17(10-6-15)21-22-18-11-7-16(8-12-18)20-14-4-2/h3-12H,1-2,13-14H2. The minimum absolute atomic E-state index is 0.529. The fourth-order valence-corrected chi connectivity index (χ4v) is 3.52. The van der Waals surface area contributed by atoms with Crippen LogP contribution >= 0.6 is 21.6 Å². The van der Waals surface area contributed by atoms with Crippen LogP contribution < -0.4 is 9.47 Å². The van der Waals surface area contributed by atoms with E-state index in [2.05, 4.69) is 37.4 Å². The van der Waals surface area contributed by atoms with E-state index >= 15 is 0 Å². The van der Waals surface area contributed by atoms with Gasteiger partial charge in [0.25, 0.3) is 0 Å². The summed E-state index contributed by atoms with van der Waals surface area (Å²) in [5.41, 5.74) is 0. The molecule has 0 fully saturated rings. The van der Waals surface area contributed by atoms with Crippen molar-refractivity contribution in [2.24, 2.45) is 0 Å². The minimum Gasteiger partial charge on any atom is -0.490 e. The Morgan fingerprint density at radius 3 is 1.36 bits per heavy atom. The van der Waals surface area contributed by atoms with Crippen molar-refractivity contribution >= 4 is 21.6 Å². The highest BCUT2D eigenvalue weighted by Gasteiger charge is 2.00. The molecule has 2 rings (SSSR count). The molecule has 0 aromatic heterocycles. The summed E-state index contributed by atoms with van der Waals surface area (Å²) in [5.74, 6) is 1.72. The van der Waals surface area contributed by atoms with Gasteiger partial charge in [0.15, 0.2) is 0 Å². The van der Waals surface area contributed by atoms with Crippen LogP contribution in [-0.4, -0.2) is 13.2 Å². The summed E-state index contributed by atoms with van der Waals surface area (Å²) < 4.78 is 10.9. The van der Waals surface area contributed by atoms with Crippen LogP contribution in [0.2, 0.25) is 0 Å². The Hall–Kier alpha value is -1.78. The van der Waals surface area contributed by atoms with E-state index in [0.717, 1.165) is 11.5 Å². The maximum atomic E-state index is 5.46. The lowest BCUT2D eigenvalue weighted by molar-refractivity contribution is 0.363. The summed E-state index contributed by atoms with van der Waals surface area (Å²) in [6.45, 7) is 8.32. The molecule has 0 atom stereocenters. The van der Waals surface area contributed by atoms with Crippen LogP contribution in [0.4, 0.5) is 0 Å². The Morgan fingerprint density at radius 2 is 1.05 bits per heavy atom. The molecule has 0 aliphatic carbocycles. The van der Waals surface area contributed by atoms with Gasteiger partial charge < -0.3 is 9.47 Å². The van der Waals surface area contributed by atoms with E-state index in [1.807, 2.05) is 24.3 Å². The molecule has 0 radical (unpaired) electrons. The van der Waals surface area contributed by atoms with E-state index in [1.165, 1.54) is 9.79 Å². The van der Waals surface area contributed by atoms with Gasteiger partial charge in [-0.2, -0.15) is 0 Å². The van der Waals surface area contributed by atoms with E-state index in [0.29, 0.717) is 13.2 Å². The van der Waals surface area contributed by atoms with Gasteiger partial charge in [0.2, 0.25) is 0 Å². The molecule has 2 aromatic carbocycles. The van der Waals surface area contributed by atoms with Gasteiger partial charge in [-0.15, -0.1) is 0 Å². The van der Waals surface area contributed by atoms with Crippen molar-refractivity contribution in [1.82, 2.24) is 0 Å². The Balaban J connectivity index is 1.84. The first kappa shape index (κ1) is 16.6. The average Bonchev–Trinajstić information content (AvgIpc) is 2.58. The molecule has 0 unspecified atom stereocenters. The van der Waals surface area contributed by atoms with Crippen LogP contribution in [0, 0.1) is 0 Å². The highest BCUT2D eigenvalue weighted by Crippen LogP contribution is 2.38. The zero-order valence-corrected chi connectivity index (χ0v) is 13.9. The minimum atomic E-state index is 0.529. The van der Waals surface area contributed by atoms with Gasteiger partial charge >= 0.3 is 0 Å².